The van der Waals surface area contributed by atoms with Gasteiger partial charge in [-0.05, 0) is 38.8 Å². The van der Waals surface area contributed by atoms with Crippen LogP contribution in [0.4, 0.5) is 0 Å². The molecule has 0 radical (unpaired) electrons. The van der Waals surface area contributed by atoms with Gasteiger partial charge in [0.1, 0.15) is 0 Å². The highest BCUT2D eigenvalue weighted by molar-refractivity contribution is 6.17. The van der Waals surface area contributed by atoms with Crippen LogP contribution in [-0.2, 0) is 0 Å². The van der Waals surface area contributed by atoms with Crippen molar-refractivity contribution >= 4 is 11.6 Å². The third-order valence-corrected chi connectivity index (χ3v) is 2.57. The Morgan fingerprint density at radius 1 is 1.36 bits per heavy atom. The molecule has 11 heavy (non-hydrogen) atoms. The molecule has 0 spiro atoms. The Kier molecular flexibility index (Phi) is 4.24. The van der Waals surface area contributed by atoms with Crippen molar-refractivity contribution < 1.29 is 0 Å². The van der Waals surface area contributed by atoms with E-state index in [1.165, 1.54) is 38.8 Å². The number of unbranched alkanes of at least 4 members (excludes halogenated alkanes) is 1. The minimum absolute atomic E-state index is 0.822. The van der Waals surface area contributed by atoms with Crippen LogP contribution in [0.25, 0.3) is 0 Å². The van der Waals surface area contributed by atoms with E-state index in [0.29, 0.717) is 0 Å². The molecular weight excluding hydrogens is 158 g/mol. The van der Waals surface area contributed by atoms with Gasteiger partial charge >= 0.3 is 0 Å². The van der Waals surface area contributed by atoms with E-state index in [0.717, 1.165) is 11.9 Å². The molecule has 1 saturated carbocycles. The van der Waals surface area contributed by atoms with Gasteiger partial charge in [-0.3, -0.25) is 0 Å². The molecule has 0 aromatic heterocycles. The second kappa shape index (κ2) is 5.00. The van der Waals surface area contributed by atoms with Gasteiger partial charge < -0.3 is 4.90 Å². The van der Waals surface area contributed by atoms with Gasteiger partial charge in [-0.2, -0.15) is 0 Å². The fourth-order valence-corrected chi connectivity index (χ4v) is 1.64. The maximum atomic E-state index is 5.60. The van der Waals surface area contributed by atoms with Crippen LogP contribution in [0.3, 0.4) is 0 Å². The van der Waals surface area contributed by atoms with Gasteiger partial charge in [-0.1, -0.05) is 6.92 Å². The van der Waals surface area contributed by atoms with E-state index in [1.807, 2.05) is 0 Å². The van der Waals surface area contributed by atoms with E-state index >= 15 is 0 Å². The Morgan fingerprint density at radius 3 is 2.55 bits per heavy atom. The van der Waals surface area contributed by atoms with Crippen LogP contribution in [0.1, 0.15) is 32.6 Å². The second-order valence-electron chi connectivity index (χ2n) is 3.26. The summed E-state index contributed by atoms with van der Waals surface area (Å²) in [4.78, 5) is 2.58. The van der Waals surface area contributed by atoms with E-state index in [9.17, 15) is 0 Å². The molecule has 1 aliphatic rings. The van der Waals surface area contributed by atoms with Crippen molar-refractivity contribution in [2.75, 3.05) is 19.0 Å². The molecule has 1 rings (SSSR count). The summed E-state index contributed by atoms with van der Waals surface area (Å²) in [5, 5.41) is 0. The maximum absolute atomic E-state index is 5.60. The Bertz CT molecular complexity index is 102. The molecular formula is C9H18ClN. The Labute approximate surface area is 74.7 Å². The average Bonchev–Trinajstić information content (AvgIpc) is 2.81. The molecule has 2 heteroatoms. The summed E-state index contributed by atoms with van der Waals surface area (Å²) in [7, 11) is 0. The number of halogens is 1. The number of hydrogen-bond acceptors (Lipinski definition) is 1. The van der Waals surface area contributed by atoms with Crippen molar-refractivity contribution in [3.8, 4) is 0 Å². The van der Waals surface area contributed by atoms with Crippen LogP contribution in [-0.4, -0.2) is 29.9 Å². The van der Waals surface area contributed by atoms with Crippen LogP contribution in [0.15, 0.2) is 0 Å². The van der Waals surface area contributed by atoms with Crippen molar-refractivity contribution in [2.45, 2.75) is 38.6 Å². The highest BCUT2D eigenvalue weighted by Gasteiger charge is 2.26. The molecule has 66 valence electrons. The van der Waals surface area contributed by atoms with Crippen LogP contribution < -0.4 is 0 Å². The quantitative estimate of drug-likeness (QED) is 0.443. The second-order valence-corrected chi connectivity index (χ2v) is 3.63. The summed E-state index contributed by atoms with van der Waals surface area (Å²) in [6.45, 7) is 4.72. The lowest BCUT2D eigenvalue weighted by Gasteiger charge is -2.18. The number of alkyl halides is 1. The van der Waals surface area contributed by atoms with Gasteiger partial charge in [0, 0.05) is 11.9 Å². The molecule has 1 fully saturated rings. The molecule has 0 amide bonds. The minimum atomic E-state index is 0.822. The lowest BCUT2D eigenvalue weighted by molar-refractivity contribution is 0.273. The summed E-state index contributed by atoms with van der Waals surface area (Å²) in [6, 6.07) is 0.926. The van der Waals surface area contributed by atoms with E-state index < -0.39 is 0 Å². The third kappa shape index (κ3) is 3.44. The van der Waals surface area contributed by atoms with Gasteiger partial charge in [-0.25, -0.2) is 0 Å². The van der Waals surface area contributed by atoms with Crippen LogP contribution in [0.5, 0.6) is 0 Å². The summed E-state index contributed by atoms with van der Waals surface area (Å²) in [6.07, 6.45) is 5.29. The molecule has 0 aromatic rings. The largest absolute Gasteiger partial charge is 0.301 e. The first-order chi connectivity index (χ1) is 5.38. The zero-order valence-electron chi connectivity index (χ0n) is 7.35. The standard InChI is InChI=1S/C9H18ClN/c1-2-11(9-5-6-9)8-4-3-7-10/h9H,2-8H2,1H3. The van der Waals surface area contributed by atoms with Gasteiger partial charge in [-0.15, -0.1) is 11.6 Å². The van der Waals surface area contributed by atoms with E-state index in [-0.39, 0.29) is 0 Å². The first kappa shape index (κ1) is 9.34. The smallest absolute Gasteiger partial charge is 0.0223 e. The molecule has 0 unspecified atom stereocenters. The molecule has 0 aliphatic heterocycles. The molecule has 0 saturated heterocycles. The van der Waals surface area contributed by atoms with Crippen LogP contribution in [0.2, 0.25) is 0 Å². The molecule has 0 heterocycles. The molecule has 0 atom stereocenters. The van der Waals surface area contributed by atoms with E-state index in [2.05, 4.69) is 11.8 Å². The van der Waals surface area contributed by atoms with E-state index in [1.54, 1.807) is 0 Å². The summed E-state index contributed by atoms with van der Waals surface area (Å²) < 4.78 is 0. The molecule has 1 aliphatic carbocycles. The molecule has 0 N–H and O–H groups in total. The molecule has 0 bridgehead atoms. The Hall–Kier alpha value is 0.250. The fraction of sp³-hybridized carbons (Fsp3) is 1.00. The van der Waals surface area contributed by atoms with E-state index in [4.69, 9.17) is 11.6 Å². The molecule has 0 aromatic carbocycles. The number of rotatable bonds is 6. The summed E-state index contributed by atoms with van der Waals surface area (Å²) in [5.74, 6) is 0.822. The van der Waals surface area contributed by atoms with Crippen molar-refractivity contribution in [1.82, 2.24) is 4.90 Å². The van der Waals surface area contributed by atoms with Gasteiger partial charge in [0.2, 0.25) is 0 Å². The Morgan fingerprint density at radius 2 is 2.09 bits per heavy atom. The Balaban J connectivity index is 2.01. The van der Waals surface area contributed by atoms with Crippen molar-refractivity contribution in [2.24, 2.45) is 0 Å². The predicted molar refractivity (Wildman–Crippen MR) is 50.2 cm³/mol. The zero-order valence-corrected chi connectivity index (χ0v) is 8.11. The lowest BCUT2D eigenvalue weighted by atomic mass is 10.3. The normalized spacial score (nSPS) is 17.7. The minimum Gasteiger partial charge on any atom is -0.301 e. The maximum Gasteiger partial charge on any atom is 0.0223 e. The first-order valence-electron chi connectivity index (χ1n) is 4.68. The average molecular weight is 176 g/mol. The highest BCUT2D eigenvalue weighted by atomic mass is 35.5. The SMILES string of the molecule is CCN(CCCCCl)C1CC1. The van der Waals surface area contributed by atoms with Gasteiger partial charge in [0.05, 0.1) is 0 Å². The zero-order chi connectivity index (χ0) is 8.10. The number of nitrogens with zero attached hydrogens (tertiary/aromatic N) is 1. The predicted octanol–water partition coefficient (Wildman–Crippen LogP) is 2.49. The van der Waals surface area contributed by atoms with Crippen molar-refractivity contribution in [1.29, 1.82) is 0 Å². The fourth-order valence-electron chi connectivity index (χ4n) is 1.45. The summed E-state index contributed by atoms with van der Waals surface area (Å²) in [5.41, 5.74) is 0. The monoisotopic (exact) mass is 175 g/mol. The molecule has 1 nitrogen and oxygen atoms in total. The highest BCUT2D eigenvalue weighted by Crippen LogP contribution is 2.26. The summed E-state index contributed by atoms with van der Waals surface area (Å²) >= 11 is 5.60. The van der Waals surface area contributed by atoms with Gasteiger partial charge in [0.25, 0.3) is 0 Å². The number of hydrogen-bond donors (Lipinski definition) is 0. The van der Waals surface area contributed by atoms with Crippen molar-refractivity contribution in [3.63, 3.8) is 0 Å². The topological polar surface area (TPSA) is 3.24 Å². The lowest BCUT2D eigenvalue weighted by Crippen LogP contribution is -2.26. The van der Waals surface area contributed by atoms with Crippen LogP contribution in [0, 0.1) is 0 Å². The third-order valence-electron chi connectivity index (χ3n) is 2.30. The van der Waals surface area contributed by atoms with Crippen molar-refractivity contribution in [3.05, 3.63) is 0 Å². The van der Waals surface area contributed by atoms with Gasteiger partial charge in [0.15, 0.2) is 0 Å². The first-order valence-corrected chi connectivity index (χ1v) is 5.22. The van der Waals surface area contributed by atoms with Crippen LogP contribution >= 0.6 is 11.6 Å².